The molecule has 0 aliphatic rings. The Morgan fingerprint density at radius 1 is 0.793 bits per heavy atom. The van der Waals surface area contributed by atoms with Crippen molar-refractivity contribution in [3.63, 3.8) is 0 Å². The number of phenolic OH excluding ortho intramolecular Hbond substituents is 1. The molecular formula is C26H24O3. The van der Waals surface area contributed by atoms with E-state index in [0.717, 1.165) is 39.0 Å². The maximum Gasteiger partial charge on any atom is 0.131 e. The van der Waals surface area contributed by atoms with Crippen molar-refractivity contribution in [3.05, 3.63) is 90.5 Å². The van der Waals surface area contributed by atoms with Crippen molar-refractivity contribution in [2.24, 2.45) is 0 Å². The molecule has 0 aromatic heterocycles. The summed E-state index contributed by atoms with van der Waals surface area (Å²) in [5, 5.41) is 12.6. The Labute approximate surface area is 171 Å². The number of aromatic hydroxyl groups is 1. The SMILES string of the molecule is CC(C)Oc1ccc2c(O)c(-c3ccc(OCc4ccccc4)cc3)ccc2c1. The highest BCUT2D eigenvalue weighted by Gasteiger charge is 2.10. The zero-order valence-corrected chi connectivity index (χ0v) is 16.6. The van der Waals surface area contributed by atoms with Crippen LogP contribution in [0.3, 0.4) is 0 Å². The van der Waals surface area contributed by atoms with Crippen LogP contribution in [0.2, 0.25) is 0 Å². The third-order valence-electron chi connectivity index (χ3n) is 4.75. The second-order valence-electron chi connectivity index (χ2n) is 7.31. The van der Waals surface area contributed by atoms with E-state index in [9.17, 15) is 5.11 Å². The summed E-state index contributed by atoms with van der Waals surface area (Å²) < 4.78 is 11.6. The molecule has 0 spiro atoms. The fourth-order valence-corrected chi connectivity index (χ4v) is 3.34. The van der Waals surface area contributed by atoms with Crippen molar-refractivity contribution in [3.8, 4) is 28.4 Å². The Morgan fingerprint density at radius 2 is 1.52 bits per heavy atom. The van der Waals surface area contributed by atoms with Gasteiger partial charge in [-0.05, 0) is 60.7 Å². The molecule has 146 valence electrons. The Hall–Kier alpha value is -3.46. The molecule has 4 rings (SSSR count). The molecule has 0 aliphatic heterocycles. The maximum atomic E-state index is 10.8. The molecule has 29 heavy (non-hydrogen) atoms. The number of hydrogen-bond acceptors (Lipinski definition) is 3. The first-order valence-electron chi connectivity index (χ1n) is 9.80. The van der Waals surface area contributed by atoms with Crippen molar-refractivity contribution < 1.29 is 14.6 Å². The van der Waals surface area contributed by atoms with Gasteiger partial charge in [-0.2, -0.15) is 0 Å². The Kier molecular flexibility index (Phi) is 5.39. The zero-order chi connectivity index (χ0) is 20.2. The van der Waals surface area contributed by atoms with Gasteiger partial charge < -0.3 is 14.6 Å². The molecule has 0 fully saturated rings. The minimum Gasteiger partial charge on any atom is -0.507 e. The Morgan fingerprint density at radius 3 is 2.24 bits per heavy atom. The van der Waals surface area contributed by atoms with Crippen LogP contribution in [0.4, 0.5) is 0 Å². The fraction of sp³-hybridized carbons (Fsp3) is 0.154. The molecule has 1 N–H and O–H groups in total. The standard InChI is InChI=1S/C26H24O3/c1-18(2)29-23-13-15-25-21(16-23)10-14-24(26(25)27)20-8-11-22(12-9-20)28-17-19-6-4-3-5-7-19/h3-16,18,27H,17H2,1-2H3. The first kappa shape index (κ1) is 18.9. The molecule has 0 bridgehead atoms. The van der Waals surface area contributed by atoms with Gasteiger partial charge in [-0.3, -0.25) is 0 Å². The van der Waals surface area contributed by atoms with E-state index >= 15 is 0 Å². The Balaban J connectivity index is 1.55. The molecule has 0 saturated carbocycles. The van der Waals surface area contributed by atoms with Crippen molar-refractivity contribution in [2.45, 2.75) is 26.6 Å². The minimum absolute atomic E-state index is 0.114. The van der Waals surface area contributed by atoms with Crippen LogP contribution < -0.4 is 9.47 Å². The molecular weight excluding hydrogens is 360 g/mol. The van der Waals surface area contributed by atoms with Crippen LogP contribution >= 0.6 is 0 Å². The van der Waals surface area contributed by atoms with Gasteiger partial charge in [0.05, 0.1) is 6.10 Å². The number of benzene rings is 4. The normalized spacial score (nSPS) is 11.0. The van der Waals surface area contributed by atoms with Crippen LogP contribution in [-0.2, 0) is 6.61 Å². The van der Waals surface area contributed by atoms with Crippen molar-refractivity contribution in [2.75, 3.05) is 0 Å². The van der Waals surface area contributed by atoms with E-state index < -0.39 is 0 Å². The second kappa shape index (κ2) is 8.27. The van der Waals surface area contributed by atoms with Crippen LogP contribution in [0.15, 0.2) is 84.9 Å². The monoisotopic (exact) mass is 384 g/mol. The van der Waals surface area contributed by atoms with Gasteiger partial charge in [-0.25, -0.2) is 0 Å². The summed E-state index contributed by atoms with van der Waals surface area (Å²) in [6.45, 7) is 4.53. The molecule has 0 unspecified atom stereocenters. The summed E-state index contributed by atoms with van der Waals surface area (Å²) in [5.41, 5.74) is 2.87. The quantitative estimate of drug-likeness (QED) is 0.408. The lowest BCUT2D eigenvalue weighted by atomic mass is 9.99. The van der Waals surface area contributed by atoms with E-state index in [1.54, 1.807) is 0 Å². The average Bonchev–Trinajstić information content (AvgIpc) is 2.73. The van der Waals surface area contributed by atoms with Gasteiger partial charge in [0.2, 0.25) is 0 Å². The lowest BCUT2D eigenvalue weighted by molar-refractivity contribution is 0.243. The topological polar surface area (TPSA) is 38.7 Å². The summed E-state index contributed by atoms with van der Waals surface area (Å²) in [7, 11) is 0. The first-order valence-corrected chi connectivity index (χ1v) is 9.80. The number of fused-ring (bicyclic) bond motifs is 1. The van der Waals surface area contributed by atoms with Gasteiger partial charge in [0, 0.05) is 10.9 Å². The molecule has 4 aromatic carbocycles. The predicted octanol–water partition coefficient (Wildman–Crippen LogP) is 6.58. The van der Waals surface area contributed by atoms with Crippen LogP contribution in [0, 0.1) is 0 Å². The highest BCUT2D eigenvalue weighted by Crippen LogP contribution is 2.37. The second-order valence-corrected chi connectivity index (χ2v) is 7.31. The van der Waals surface area contributed by atoms with Gasteiger partial charge >= 0.3 is 0 Å². The summed E-state index contributed by atoms with van der Waals surface area (Å²) in [6.07, 6.45) is 0.114. The van der Waals surface area contributed by atoms with E-state index in [-0.39, 0.29) is 11.9 Å². The third-order valence-corrected chi connectivity index (χ3v) is 4.75. The van der Waals surface area contributed by atoms with E-state index in [1.807, 2.05) is 98.8 Å². The van der Waals surface area contributed by atoms with Crippen molar-refractivity contribution in [1.29, 1.82) is 0 Å². The zero-order valence-electron chi connectivity index (χ0n) is 16.6. The van der Waals surface area contributed by atoms with Gasteiger partial charge in [-0.1, -0.05) is 54.6 Å². The molecule has 0 radical (unpaired) electrons. The largest absolute Gasteiger partial charge is 0.507 e. The van der Waals surface area contributed by atoms with E-state index in [4.69, 9.17) is 9.47 Å². The van der Waals surface area contributed by atoms with Gasteiger partial charge in [-0.15, -0.1) is 0 Å². The minimum atomic E-state index is 0.114. The van der Waals surface area contributed by atoms with E-state index in [2.05, 4.69) is 0 Å². The van der Waals surface area contributed by atoms with E-state index in [1.165, 1.54) is 0 Å². The summed E-state index contributed by atoms with van der Waals surface area (Å²) in [5.74, 6) is 1.88. The molecule has 0 heterocycles. The van der Waals surface area contributed by atoms with Crippen LogP contribution in [0.5, 0.6) is 17.2 Å². The molecule has 3 nitrogen and oxygen atoms in total. The number of hydrogen-bond donors (Lipinski definition) is 1. The molecule has 0 aliphatic carbocycles. The predicted molar refractivity (Wildman–Crippen MR) is 118 cm³/mol. The van der Waals surface area contributed by atoms with Crippen molar-refractivity contribution in [1.82, 2.24) is 0 Å². The summed E-state index contributed by atoms with van der Waals surface area (Å²) in [6, 6.07) is 27.6. The maximum absolute atomic E-state index is 10.8. The highest BCUT2D eigenvalue weighted by molar-refractivity contribution is 5.95. The molecule has 0 atom stereocenters. The van der Waals surface area contributed by atoms with E-state index in [0.29, 0.717) is 6.61 Å². The fourth-order valence-electron chi connectivity index (χ4n) is 3.34. The number of ether oxygens (including phenoxy) is 2. The molecule has 3 heteroatoms. The van der Waals surface area contributed by atoms with Crippen LogP contribution in [0.25, 0.3) is 21.9 Å². The molecule has 0 amide bonds. The van der Waals surface area contributed by atoms with Gasteiger partial charge in [0.1, 0.15) is 23.9 Å². The van der Waals surface area contributed by atoms with Crippen LogP contribution in [0.1, 0.15) is 19.4 Å². The number of phenols is 1. The Bertz CT molecular complexity index is 1100. The van der Waals surface area contributed by atoms with Crippen molar-refractivity contribution >= 4 is 10.8 Å². The van der Waals surface area contributed by atoms with Crippen LogP contribution in [-0.4, -0.2) is 11.2 Å². The highest BCUT2D eigenvalue weighted by atomic mass is 16.5. The average molecular weight is 384 g/mol. The smallest absolute Gasteiger partial charge is 0.131 e. The lowest BCUT2D eigenvalue weighted by Crippen LogP contribution is -2.05. The molecule has 4 aromatic rings. The van der Waals surface area contributed by atoms with Gasteiger partial charge in [0.25, 0.3) is 0 Å². The summed E-state index contributed by atoms with van der Waals surface area (Å²) >= 11 is 0. The van der Waals surface area contributed by atoms with Gasteiger partial charge in [0.15, 0.2) is 0 Å². The first-order chi connectivity index (χ1) is 14.1. The number of rotatable bonds is 6. The molecule has 0 saturated heterocycles. The lowest BCUT2D eigenvalue weighted by Gasteiger charge is -2.13. The summed E-state index contributed by atoms with van der Waals surface area (Å²) in [4.78, 5) is 0. The third kappa shape index (κ3) is 4.35.